The molecule has 146 valence electrons. The Bertz CT molecular complexity index is 1160. The van der Waals surface area contributed by atoms with Gasteiger partial charge in [0.1, 0.15) is 5.75 Å². The van der Waals surface area contributed by atoms with Gasteiger partial charge >= 0.3 is 0 Å². The highest BCUT2D eigenvalue weighted by atomic mass is 32.2. The fourth-order valence-corrected chi connectivity index (χ4v) is 3.74. The fourth-order valence-electron chi connectivity index (χ4n) is 3.06. The van der Waals surface area contributed by atoms with Crippen LogP contribution in [0.3, 0.4) is 0 Å². The number of thioether (sulfide) groups is 1. The summed E-state index contributed by atoms with van der Waals surface area (Å²) in [6.07, 6.45) is 0. The number of benzene rings is 3. The Balaban J connectivity index is 1.45. The molecule has 29 heavy (non-hydrogen) atoms. The number of amidine groups is 1. The van der Waals surface area contributed by atoms with Crippen molar-refractivity contribution in [3.8, 4) is 5.75 Å². The molecule has 0 bridgehead atoms. The first kappa shape index (κ1) is 18.8. The van der Waals surface area contributed by atoms with Gasteiger partial charge in [-0.05, 0) is 23.6 Å². The Labute approximate surface area is 170 Å². The molecule has 0 spiro atoms. The van der Waals surface area contributed by atoms with Crippen molar-refractivity contribution in [3.63, 3.8) is 0 Å². The monoisotopic (exact) mass is 408 g/mol. The van der Waals surface area contributed by atoms with Crippen LogP contribution in [0.15, 0.2) is 59.6 Å². The molecule has 9 heteroatoms. The first-order chi connectivity index (χ1) is 14.0. The largest absolute Gasteiger partial charge is 0.494 e. The molecule has 1 aliphatic heterocycles. The summed E-state index contributed by atoms with van der Waals surface area (Å²) < 4.78 is 5.14. The highest BCUT2D eigenvalue weighted by molar-refractivity contribution is 8.14. The molecule has 0 saturated heterocycles. The smallest absolute Gasteiger partial charge is 0.273 e. The predicted octanol–water partition coefficient (Wildman–Crippen LogP) is 4.54. The maximum absolute atomic E-state index is 12.4. The SMILES string of the molecule is COc1cc([N+](=O)[O-])ccc1NC(=O)CSC1=Nc2cccc3cccc(c23)N1. The normalized spacial score (nSPS) is 12.1. The maximum Gasteiger partial charge on any atom is 0.273 e. The van der Waals surface area contributed by atoms with Crippen molar-refractivity contribution >= 4 is 56.4 Å². The molecule has 1 aliphatic rings. The van der Waals surface area contributed by atoms with Gasteiger partial charge in [-0.25, -0.2) is 4.99 Å². The third kappa shape index (κ3) is 3.85. The first-order valence-electron chi connectivity index (χ1n) is 8.67. The maximum atomic E-state index is 12.4. The number of nitrogens with one attached hydrogen (secondary N) is 2. The summed E-state index contributed by atoms with van der Waals surface area (Å²) in [5.74, 6) is 0.0689. The number of ether oxygens (including phenoxy) is 1. The van der Waals surface area contributed by atoms with Gasteiger partial charge in [0.25, 0.3) is 5.69 Å². The Morgan fingerprint density at radius 1 is 1.24 bits per heavy atom. The lowest BCUT2D eigenvalue weighted by atomic mass is 10.1. The van der Waals surface area contributed by atoms with Crippen molar-refractivity contribution in [1.82, 2.24) is 0 Å². The summed E-state index contributed by atoms with van der Waals surface area (Å²) in [6, 6.07) is 15.9. The number of anilines is 2. The zero-order chi connectivity index (χ0) is 20.4. The third-order valence-electron chi connectivity index (χ3n) is 4.36. The van der Waals surface area contributed by atoms with E-state index in [0.717, 1.165) is 22.1 Å². The summed E-state index contributed by atoms with van der Waals surface area (Å²) in [5.41, 5.74) is 2.07. The van der Waals surface area contributed by atoms with E-state index < -0.39 is 4.92 Å². The van der Waals surface area contributed by atoms with Crippen LogP contribution in [-0.2, 0) is 4.79 Å². The first-order valence-corrected chi connectivity index (χ1v) is 9.66. The quantitative estimate of drug-likeness (QED) is 0.474. The van der Waals surface area contributed by atoms with Gasteiger partial charge in [0.2, 0.25) is 5.91 Å². The average molecular weight is 408 g/mol. The molecule has 1 heterocycles. The van der Waals surface area contributed by atoms with Crippen molar-refractivity contribution in [1.29, 1.82) is 0 Å². The Kier molecular flexibility index (Phi) is 5.05. The van der Waals surface area contributed by atoms with Crippen LogP contribution in [0.1, 0.15) is 0 Å². The molecule has 3 aromatic carbocycles. The number of nitro benzene ring substituents is 1. The van der Waals surface area contributed by atoms with Gasteiger partial charge in [0, 0.05) is 11.5 Å². The molecular weight excluding hydrogens is 392 g/mol. The van der Waals surface area contributed by atoms with Crippen LogP contribution in [0.25, 0.3) is 10.8 Å². The van der Waals surface area contributed by atoms with E-state index in [9.17, 15) is 14.9 Å². The zero-order valence-electron chi connectivity index (χ0n) is 15.3. The van der Waals surface area contributed by atoms with E-state index in [4.69, 9.17) is 4.74 Å². The molecule has 8 nitrogen and oxygen atoms in total. The molecule has 0 atom stereocenters. The third-order valence-corrected chi connectivity index (χ3v) is 5.23. The van der Waals surface area contributed by atoms with Crippen LogP contribution < -0.4 is 15.4 Å². The van der Waals surface area contributed by atoms with Crippen molar-refractivity contribution < 1.29 is 14.5 Å². The molecule has 0 radical (unpaired) electrons. The van der Waals surface area contributed by atoms with Gasteiger partial charge in [-0.3, -0.25) is 14.9 Å². The summed E-state index contributed by atoms with van der Waals surface area (Å²) in [4.78, 5) is 27.3. The van der Waals surface area contributed by atoms with E-state index >= 15 is 0 Å². The van der Waals surface area contributed by atoms with E-state index in [0.29, 0.717) is 10.9 Å². The van der Waals surface area contributed by atoms with Crippen molar-refractivity contribution in [2.75, 3.05) is 23.5 Å². The standard InChI is InChI=1S/C20H16N4O4S/c1-28-17-10-13(24(26)27)8-9-14(17)21-18(25)11-29-20-22-15-6-2-4-12-5-3-7-16(23-20)19(12)15/h2-10H,11H2,1H3,(H,21,25)(H,22,23). The number of nitrogens with zero attached hydrogens (tertiary/aromatic N) is 2. The minimum atomic E-state index is -0.519. The number of hydrogen-bond acceptors (Lipinski definition) is 7. The highest BCUT2D eigenvalue weighted by Gasteiger charge is 2.17. The number of carbonyl (C=O) groups excluding carboxylic acids is 1. The molecule has 0 aliphatic carbocycles. The van der Waals surface area contributed by atoms with E-state index in [-0.39, 0.29) is 23.1 Å². The zero-order valence-corrected chi connectivity index (χ0v) is 16.2. The molecule has 0 saturated carbocycles. The lowest BCUT2D eigenvalue weighted by molar-refractivity contribution is -0.384. The summed E-state index contributed by atoms with van der Waals surface area (Å²) >= 11 is 1.27. The topological polar surface area (TPSA) is 106 Å². The Hall–Kier alpha value is -3.59. The molecular formula is C20H16N4O4S. The van der Waals surface area contributed by atoms with E-state index in [1.807, 2.05) is 36.4 Å². The van der Waals surface area contributed by atoms with Gasteiger partial charge in [-0.2, -0.15) is 0 Å². The molecule has 4 rings (SSSR count). The van der Waals surface area contributed by atoms with Crippen molar-refractivity contribution in [2.45, 2.75) is 0 Å². The Morgan fingerprint density at radius 2 is 2.03 bits per heavy atom. The molecule has 3 aromatic rings. The van der Waals surface area contributed by atoms with Crippen LogP contribution in [0.5, 0.6) is 5.75 Å². The number of methoxy groups -OCH3 is 1. The lowest BCUT2D eigenvalue weighted by Crippen LogP contribution is -2.19. The summed E-state index contributed by atoms with van der Waals surface area (Å²) in [7, 11) is 1.39. The number of non-ortho nitro benzene ring substituents is 1. The molecule has 0 fully saturated rings. The van der Waals surface area contributed by atoms with Gasteiger partial charge in [0.15, 0.2) is 5.17 Å². The second-order valence-electron chi connectivity index (χ2n) is 6.20. The number of carbonyl (C=O) groups is 1. The van der Waals surface area contributed by atoms with Gasteiger partial charge in [0.05, 0.1) is 40.9 Å². The summed E-state index contributed by atoms with van der Waals surface area (Å²) in [6.45, 7) is 0. The second kappa shape index (κ2) is 7.80. The van der Waals surface area contributed by atoms with Crippen LogP contribution in [0, 0.1) is 10.1 Å². The van der Waals surface area contributed by atoms with Crippen LogP contribution in [0.2, 0.25) is 0 Å². The van der Waals surface area contributed by atoms with Gasteiger partial charge < -0.3 is 15.4 Å². The minimum absolute atomic E-state index is 0.108. The molecule has 0 aromatic heterocycles. The van der Waals surface area contributed by atoms with E-state index in [1.54, 1.807) is 0 Å². The average Bonchev–Trinajstić information content (AvgIpc) is 2.73. The molecule has 2 N–H and O–H groups in total. The van der Waals surface area contributed by atoms with Gasteiger partial charge in [-0.15, -0.1) is 0 Å². The number of hydrogen-bond donors (Lipinski definition) is 2. The Morgan fingerprint density at radius 3 is 2.79 bits per heavy atom. The van der Waals surface area contributed by atoms with E-state index in [1.165, 1.54) is 37.1 Å². The molecule has 1 amide bonds. The van der Waals surface area contributed by atoms with Crippen LogP contribution in [-0.4, -0.2) is 28.9 Å². The fraction of sp³-hybridized carbons (Fsp3) is 0.100. The van der Waals surface area contributed by atoms with E-state index in [2.05, 4.69) is 15.6 Å². The van der Waals surface area contributed by atoms with Crippen molar-refractivity contribution in [2.24, 2.45) is 4.99 Å². The lowest BCUT2D eigenvalue weighted by Gasteiger charge is -2.18. The summed E-state index contributed by atoms with van der Waals surface area (Å²) in [5, 5.41) is 19.6. The van der Waals surface area contributed by atoms with Crippen molar-refractivity contribution in [3.05, 3.63) is 64.7 Å². The number of aliphatic imine (C=N–C) groups is 1. The predicted molar refractivity (Wildman–Crippen MR) is 115 cm³/mol. The molecule has 0 unspecified atom stereocenters. The number of amides is 1. The highest BCUT2D eigenvalue weighted by Crippen LogP contribution is 2.37. The van der Waals surface area contributed by atoms with Crippen LogP contribution >= 0.6 is 11.8 Å². The second-order valence-corrected chi connectivity index (χ2v) is 7.17. The number of nitro groups is 1. The van der Waals surface area contributed by atoms with Crippen LogP contribution in [0.4, 0.5) is 22.7 Å². The number of rotatable bonds is 5. The minimum Gasteiger partial charge on any atom is -0.494 e. The van der Waals surface area contributed by atoms with Gasteiger partial charge in [-0.1, -0.05) is 36.0 Å².